The summed E-state index contributed by atoms with van der Waals surface area (Å²) in [6.45, 7) is 9.85. The number of rotatable bonds is 4. The van der Waals surface area contributed by atoms with Gasteiger partial charge in [0.25, 0.3) is 0 Å². The lowest BCUT2D eigenvalue weighted by atomic mass is 10.00. The maximum atomic E-state index is 2.30. The van der Waals surface area contributed by atoms with Crippen LogP contribution in [0.3, 0.4) is 0 Å². The predicted molar refractivity (Wildman–Crippen MR) is 55.9 cm³/mol. The topological polar surface area (TPSA) is 3.01 Å². The first kappa shape index (κ1) is 11.4. The standard InChI is InChI=1S/C11H22N/c1-6-7-8-12(5)9-11(4)10(2)3/h6-7,9-11H,8H2,1-5H3/q+1/b7-6-,12-9?. The van der Waals surface area contributed by atoms with E-state index >= 15 is 0 Å². The van der Waals surface area contributed by atoms with Crippen molar-refractivity contribution >= 4 is 6.21 Å². The van der Waals surface area contributed by atoms with Crippen molar-refractivity contribution in [1.82, 2.24) is 0 Å². The van der Waals surface area contributed by atoms with Gasteiger partial charge in [-0.15, -0.1) is 0 Å². The van der Waals surface area contributed by atoms with Crippen LogP contribution in [0.1, 0.15) is 27.7 Å². The van der Waals surface area contributed by atoms with E-state index in [0.717, 1.165) is 12.5 Å². The Morgan fingerprint density at radius 2 is 1.83 bits per heavy atom. The molecule has 0 saturated heterocycles. The molecular formula is C11H22N+. The van der Waals surface area contributed by atoms with E-state index in [1.54, 1.807) is 0 Å². The van der Waals surface area contributed by atoms with Gasteiger partial charge in [0.1, 0.15) is 13.3 Å². The zero-order valence-corrected chi connectivity index (χ0v) is 9.04. The molecule has 0 bridgehead atoms. The van der Waals surface area contributed by atoms with Crippen molar-refractivity contribution in [3.8, 4) is 0 Å². The molecular weight excluding hydrogens is 146 g/mol. The highest BCUT2D eigenvalue weighted by molar-refractivity contribution is 5.54. The summed E-state index contributed by atoms with van der Waals surface area (Å²) in [6.07, 6.45) is 6.55. The lowest BCUT2D eigenvalue weighted by Crippen LogP contribution is -2.15. The van der Waals surface area contributed by atoms with Crippen LogP contribution in [-0.4, -0.2) is 24.4 Å². The summed E-state index contributed by atoms with van der Waals surface area (Å²) in [6, 6.07) is 0. The zero-order valence-electron chi connectivity index (χ0n) is 9.04. The SMILES string of the molecule is C/C=C\C[N+](C)=CC(C)C(C)C. The van der Waals surface area contributed by atoms with Crippen molar-refractivity contribution in [1.29, 1.82) is 0 Å². The fourth-order valence-electron chi connectivity index (χ4n) is 0.906. The maximum absolute atomic E-state index is 2.30. The van der Waals surface area contributed by atoms with E-state index in [2.05, 4.69) is 57.7 Å². The molecule has 0 aromatic rings. The summed E-state index contributed by atoms with van der Waals surface area (Å²) in [5.41, 5.74) is 0. The second kappa shape index (κ2) is 5.99. The summed E-state index contributed by atoms with van der Waals surface area (Å²) < 4.78 is 2.24. The fraction of sp³-hybridized carbons (Fsp3) is 0.727. The second-order valence-corrected chi connectivity index (χ2v) is 3.76. The van der Waals surface area contributed by atoms with Crippen LogP contribution < -0.4 is 0 Å². The van der Waals surface area contributed by atoms with E-state index in [1.807, 2.05) is 0 Å². The van der Waals surface area contributed by atoms with Gasteiger partial charge in [0.15, 0.2) is 6.54 Å². The van der Waals surface area contributed by atoms with E-state index < -0.39 is 0 Å². The van der Waals surface area contributed by atoms with Gasteiger partial charge in [-0.3, -0.25) is 0 Å². The minimum absolute atomic E-state index is 0.667. The Hall–Kier alpha value is -0.590. The Morgan fingerprint density at radius 3 is 2.25 bits per heavy atom. The van der Waals surface area contributed by atoms with Gasteiger partial charge < -0.3 is 0 Å². The van der Waals surface area contributed by atoms with Gasteiger partial charge in [-0.2, -0.15) is 0 Å². The monoisotopic (exact) mass is 168 g/mol. The normalized spacial score (nSPS) is 16.0. The van der Waals surface area contributed by atoms with Crippen molar-refractivity contribution in [3.63, 3.8) is 0 Å². The first-order chi connectivity index (χ1) is 5.57. The van der Waals surface area contributed by atoms with Crippen LogP contribution in [0.25, 0.3) is 0 Å². The van der Waals surface area contributed by atoms with Crippen LogP contribution in [0, 0.1) is 11.8 Å². The highest BCUT2D eigenvalue weighted by Crippen LogP contribution is 2.05. The summed E-state index contributed by atoms with van der Waals surface area (Å²) in [7, 11) is 2.12. The van der Waals surface area contributed by atoms with Crippen LogP contribution in [0.15, 0.2) is 12.2 Å². The van der Waals surface area contributed by atoms with Gasteiger partial charge >= 0.3 is 0 Å². The number of likely N-dealkylation sites (N-methyl/N-ethyl adjacent to an activating group) is 1. The molecule has 0 N–H and O–H groups in total. The smallest absolute Gasteiger partial charge is 0.160 e. The Labute approximate surface area is 76.8 Å². The highest BCUT2D eigenvalue weighted by atomic mass is 14.9. The Kier molecular flexibility index (Phi) is 5.69. The molecule has 1 unspecified atom stereocenters. The Balaban J connectivity index is 3.97. The molecule has 0 saturated carbocycles. The summed E-state index contributed by atoms with van der Waals surface area (Å²) in [5.74, 6) is 1.40. The quantitative estimate of drug-likeness (QED) is 0.345. The number of allylic oxidation sites excluding steroid dienone is 1. The molecule has 1 atom stereocenters. The van der Waals surface area contributed by atoms with Gasteiger partial charge in [0.05, 0.1) is 0 Å². The van der Waals surface area contributed by atoms with Crippen molar-refractivity contribution in [2.24, 2.45) is 11.8 Å². The molecule has 12 heavy (non-hydrogen) atoms. The lowest BCUT2D eigenvalue weighted by Gasteiger charge is -2.07. The van der Waals surface area contributed by atoms with Crippen molar-refractivity contribution in [3.05, 3.63) is 12.2 Å². The van der Waals surface area contributed by atoms with E-state index in [4.69, 9.17) is 0 Å². The van der Waals surface area contributed by atoms with Gasteiger partial charge in [0.2, 0.25) is 0 Å². The molecule has 0 aliphatic rings. The average Bonchev–Trinajstić information content (AvgIpc) is 2.00. The molecule has 0 rings (SSSR count). The molecule has 0 spiro atoms. The minimum Gasteiger partial charge on any atom is -0.238 e. The number of nitrogens with zero attached hydrogens (tertiary/aromatic N) is 1. The van der Waals surface area contributed by atoms with Crippen molar-refractivity contribution < 1.29 is 4.58 Å². The third-order valence-corrected chi connectivity index (χ3v) is 2.17. The van der Waals surface area contributed by atoms with E-state index in [1.165, 1.54) is 0 Å². The molecule has 0 fully saturated rings. The molecule has 70 valence electrons. The van der Waals surface area contributed by atoms with Gasteiger partial charge in [-0.1, -0.05) is 26.8 Å². The molecule has 1 heteroatoms. The molecule has 0 aromatic heterocycles. The van der Waals surface area contributed by atoms with E-state index in [0.29, 0.717) is 5.92 Å². The first-order valence-electron chi connectivity index (χ1n) is 4.74. The van der Waals surface area contributed by atoms with Gasteiger partial charge in [-0.05, 0) is 18.9 Å². The molecule has 0 heterocycles. The molecule has 0 amide bonds. The van der Waals surface area contributed by atoms with Crippen LogP contribution in [-0.2, 0) is 0 Å². The van der Waals surface area contributed by atoms with Crippen LogP contribution in [0.2, 0.25) is 0 Å². The second-order valence-electron chi connectivity index (χ2n) is 3.76. The molecule has 0 aliphatic carbocycles. The number of hydrogen-bond acceptors (Lipinski definition) is 0. The summed E-state index contributed by atoms with van der Waals surface area (Å²) in [4.78, 5) is 0. The average molecular weight is 168 g/mol. The lowest BCUT2D eigenvalue weighted by molar-refractivity contribution is -0.483. The third-order valence-electron chi connectivity index (χ3n) is 2.17. The Bertz CT molecular complexity index is 166. The fourth-order valence-corrected chi connectivity index (χ4v) is 0.906. The predicted octanol–water partition coefficient (Wildman–Crippen LogP) is 2.57. The number of hydrogen-bond donors (Lipinski definition) is 0. The third kappa shape index (κ3) is 5.11. The minimum atomic E-state index is 0.667. The zero-order chi connectivity index (χ0) is 9.56. The maximum Gasteiger partial charge on any atom is 0.160 e. The van der Waals surface area contributed by atoms with Crippen LogP contribution in [0.5, 0.6) is 0 Å². The Morgan fingerprint density at radius 1 is 1.25 bits per heavy atom. The van der Waals surface area contributed by atoms with Crippen molar-refractivity contribution in [2.75, 3.05) is 13.6 Å². The van der Waals surface area contributed by atoms with Crippen molar-refractivity contribution in [2.45, 2.75) is 27.7 Å². The highest BCUT2D eigenvalue weighted by Gasteiger charge is 2.07. The first-order valence-corrected chi connectivity index (χ1v) is 4.74. The largest absolute Gasteiger partial charge is 0.238 e. The molecule has 0 radical (unpaired) electrons. The molecule has 1 nitrogen and oxygen atoms in total. The van der Waals surface area contributed by atoms with E-state index in [-0.39, 0.29) is 0 Å². The summed E-state index contributed by atoms with van der Waals surface area (Å²) >= 11 is 0. The van der Waals surface area contributed by atoms with Gasteiger partial charge in [-0.25, -0.2) is 4.58 Å². The van der Waals surface area contributed by atoms with Crippen LogP contribution in [0.4, 0.5) is 0 Å². The van der Waals surface area contributed by atoms with E-state index in [9.17, 15) is 0 Å². The molecule has 0 aromatic carbocycles. The van der Waals surface area contributed by atoms with Crippen LogP contribution >= 0.6 is 0 Å². The molecule has 0 aliphatic heterocycles. The van der Waals surface area contributed by atoms with Gasteiger partial charge in [0, 0.05) is 5.92 Å². The summed E-state index contributed by atoms with van der Waals surface area (Å²) in [5, 5.41) is 0.